The third-order valence-electron chi connectivity index (χ3n) is 14.3. The van der Waals surface area contributed by atoms with E-state index in [1.165, 1.54) is 72.0 Å². The number of hydrogen-bond donors (Lipinski definition) is 0. The lowest BCUT2D eigenvalue weighted by molar-refractivity contribution is 0.660. The van der Waals surface area contributed by atoms with Crippen LogP contribution in [0.25, 0.3) is 117 Å². The molecule has 0 saturated heterocycles. The maximum atomic E-state index is 5.13. The highest BCUT2D eigenvalue weighted by Gasteiger charge is 2.37. The highest BCUT2D eigenvalue weighted by atomic mass is 15.0. The Labute approximate surface area is 407 Å². The maximum Gasteiger partial charge on any atom is 0.164 e. The van der Waals surface area contributed by atoms with E-state index in [2.05, 4.69) is 237 Å². The Morgan fingerprint density at radius 2 is 0.757 bits per heavy atom. The standard InChI is InChI=1S/C66H46N4/c1-66(2)56-27-16-15-26-53(56)62-57(66)28-17-29-59(62)70-58-39-38-51(44-20-9-4-10-21-44)40-55(58)61-54(47-22-11-5-12-23-47)41-52(42-60(61)70)46-32-36-50(37-33-46)65-68-63(48-24-13-6-14-25-48)67-64(69-65)49-34-30-45(31-35-49)43-18-7-3-8-19-43/h3-42H,1-2H3. The summed E-state index contributed by atoms with van der Waals surface area (Å²) in [6.07, 6.45) is 0. The maximum absolute atomic E-state index is 5.13. The summed E-state index contributed by atoms with van der Waals surface area (Å²) in [6, 6.07) is 87.0. The summed E-state index contributed by atoms with van der Waals surface area (Å²) in [5.41, 5.74) is 20.7. The average Bonchev–Trinajstić information content (AvgIpc) is 3.89. The second-order valence-electron chi connectivity index (χ2n) is 18.8. The van der Waals surface area contributed by atoms with Crippen molar-refractivity contribution in [3.63, 3.8) is 0 Å². The molecule has 0 aliphatic heterocycles. The van der Waals surface area contributed by atoms with Crippen molar-refractivity contribution < 1.29 is 0 Å². The van der Waals surface area contributed by atoms with Crippen LogP contribution < -0.4 is 0 Å². The van der Waals surface area contributed by atoms with Gasteiger partial charge in [0, 0.05) is 38.4 Å². The zero-order valence-corrected chi connectivity index (χ0v) is 38.9. The Balaban J connectivity index is 0.999. The first-order valence-corrected chi connectivity index (χ1v) is 24.0. The van der Waals surface area contributed by atoms with Crippen molar-refractivity contribution in [2.24, 2.45) is 0 Å². The van der Waals surface area contributed by atoms with Crippen LogP contribution in [0.3, 0.4) is 0 Å². The molecule has 0 radical (unpaired) electrons. The van der Waals surface area contributed by atoms with Gasteiger partial charge >= 0.3 is 0 Å². The summed E-state index contributed by atoms with van der Waals surface area (Å²) in [5.74, 6) is 1.89. The molecule has 0 bridgehead atoms. The van der Waals surface area contributed by atoms with Crippen molar-refractivity contribution in [1.29, 1.82) is 0 Å². The van der Waals surface area contributed by atoms with E-state index >= 15 is 0 Å². The second-order valence-corrected chi connectivity index (χ2v) is 18.8. The van der Waals surface area contributed by atoms with Crippen LogP contribution in [0.15, 0.2) is 243 Å². The van der Waals surface area contributed by atoms with Gasteiger partial charge in [-0.15, -0.1) is 0 Å². The summed E-state index contributed by atoms with van der Waals surface area (Å²) in [4.78, 5) is 15.2. The molecular weight excluding hydrogens is 849 g/mol. The molecule has 0 N–H and O–H groups in total. The van der Waals surface area contributed by atoms with Crippen molar-refractivity contribution >= 4 is 21.8 Å². The smallest absolute Gasteiger partial charge is 0.164 e. The molecule has 0 amide bonds. The molecule has 1 aliphatic carbocycles. The molecule has 0 saturated carbocycles. The van der Waals surface area contributed by atoms with Gasteiger partial charge in [-0.25, -0.2) is 15.0 Å². The first-order chi connectivity index (χ1) is 34.5. The molecular formula is C66H46N4. The monoisotopic (exact) mass is 894 g/mol. The highest BCUT2D eigenvalue weighted by Crippen LogP contribution is 2.52. The van der Waals surface area contributed by atoms with Gasteiger partial charge in [-0.2, -0.15) is 0 Å². The molecule has 10 aromatic carbocycles. The first-order valence-electron chi connectivity index (χ1n) is 24.0. The third-order valence-corrected chi connectivity index (χ3v) is 14.3. The Bertz CT molecular complexity index is 3910. The van der Waals surface area contributed by atoms with Gasteiger partial charge in [-0.05, 0) is 91.5 Å². The lowest BCUT2D eigenvalue weighted by Crippen LogP contribution is -2.14. The zero-order chi connectivity index (χ0) is 46.8. The molecule has 12 aromatic rings. The number of hydrogen-bond acceptors (Lipinski definition) is 3. The van der Waals surface area contributed by atoms with Gasteiger partial charge in [0.2, 0.25) is 0 Å². The number of nitrogens with zero attached hydrogens (tertiary/aromatic N) is 4. The van der Waals surface area contributed by atoms with Crippen molar-refractivity contribution in [2.75, 3.05) is 0 Å². The number of benzene rings is 10. The quantitative estimate of drug-likeness (QED) is 0.153. The molecule has 0 unspecified atom stereocenters. The number of rotatable bonds is 8. The number of aromatic nitrogens is 4. The summed E-state index contributed by atoms with van der Waals surface area (Å²) in [7, 11) is 0. The molecule has 330 valence electrons. The van der Waals surface area contributed by atoms with Crippen molar-refractivity contribution in [3.8, 4) is 95.5 Å². The minimum atomic E-state index is -0.141. The van der Waals surface area contributed by atoms with Crippen LogP contribution in [0, 0.1) is 0 Å². The van der Waals surface area contributed by atoms with Crippen LogP contribution in [0.4, 0.5) is 0 Å². The predicted octanol–water partition coefficient (Wildman–Crippen LogP) is 16.9. The summed E-state index contributed by atoms with van der Waals surface area (Å²) < 4.78 is 2.53. The van der Waals surface area contributed by atoms with E-state index in [1.54, 1.807) is 0 Å². The van der Waals surface area contributed by atoms with Crippen molar-refractivity contribution in [1.82, 2.24) is 19.5 Å². The summed E-state index contributed by atoms with van der Waals surface area (Å²) in [5, 5.41) is 2.44. The molecule has 4 nitrogen and oxygen atoms in total. The van der Waals surface area contributed by atoms with E-state index in [1.807, 2.05) is 24.3 Å². The second kappa shape index (κ2) is 16.7. The van der Waals surface area contributed by atoms with Crippen LogP contribution in [0.2, 0.25) is 0 Å². The molecule has 2 heterocycles. The van der Waals surface area contributed by atoms with E-state index in [4.69, 9.17) is 15.0 Å². The van der Waals surface area contributed by atoms with Crippen LogP contribution in [0.1, 0.15) is 25.0 Å². The van der Waals surface area contributed by atoms with Crippen molar-refractivity contribution in [3.05, 3.63) is 254 Å². The largest absolute Gasteiger partial charge is 0.309 e. The van der Waals surface area contributed by atoms with Gasteiger partial charge in [0.05, 0.1) is 16.7 Å². The van der Waals surface area contributed by atoms with Crippen LogP contribution >= 0.6 is 0 Å². The fourth-order valence-electron chi connectivity index (χ4n) is 10.8. The molecule has 1 aliphatic rings. The third kappa shape index (κ3) is 6.95. The van der Waals surface area contributed by atoms with Gasteiger partial charge in [0.1, 0.15) is 0 Å². The SMILES string of the molecule is CC1(C)c2ccccc2-c2c(-n3c4ccc(-c5ccccc5)cc4c4c(-c5ccccc5)cc(-c5ccc(-c6nc(-c7ccccc7)nc(-c7ccc(-c8ccccc8)cc7)n6)cc5)cc43)cccc21. The highest BCUT2D eigenvalue weighted by molar-refractivity contribution is 6.18. The molecule has 13 rings (SSSR count). The van der Waals surface area contributed by atoms with Crippen LogP contribution in [0.5, 0.6) is 0 Å². The summed E-state index contributed by atoms with van der Waals surface area (Å²) >= 11 is 0. The Hall–Kier alpha value is -8.99. The number of fused-ring (bicyclic) bond motifs is 6. The van der Waals surface area contributed by atoms with Gasteiger partial charge in [0.15, 0.2) is 17.5 Å². The zero-order valence-electron chi connectivity index (χ0n) is 38.9. The topological polar surface area (TPSA) is 43.6 Å². The van der Waals surface area contributed by atoms with E-state index in [0.717, 1.165) is 38.9 Å². The molecule has 0 spiro atoms. The minimum absolute atomic E-state index is 0.141. The van der Waals surface area contributed by atoms with Gasteiger partial charge in [-0.3, -0.25) is 0 Å². The first kappa shape index (κ1) is 41.2. The van der Waals surface area contributed by atoms with E-state index < -0.39 is 0 Å². The minimum Gasteiger partial charge on any atom is -0.309 e. The molecule has 70 heavy (non-hydrogen) atoms. The molecule has 4 heteroatoms. The molecule has 0 fully saturated rings. The molecule has 0 atom stereocenters. The normalized spacial score (nSPS) is 12.5. The predicted molar refractivity (Wildman–Crippen MR) is 290 cm³/mol. The van der Waals surface area contributed by atoms with Crippen LogP contribution in [-0.2, 0) is 5.41 Å². The molecule has 2 aromatic heterocycles. The van der Waals surface area contributed by atoms with Gasteiger partial charge in [-0.1, -0.05) is 226 Å². The fraction of sp³-hybridized carbons (Fsp3) is 0.0455. The Morgan fingerprint density at radius 3 is 1.36 bits per heavy atom. The van der Waals surface area contributed by atoms with E-state index in [9.17, 15) is 0 Å². The Kier molecular flexibility index (Phi) is 9.81. The summed E-state index contributed by atoms with van der Waals surface area (Å²) in [6.45, 7) is 4.72. The lowest BCUT2D eigenvalue weighted by Gasteiger charge is -2.22. The average molecular weight is 895 g/mol. The van der Waals surface area contributed by atoms with E-state index in [0.29, 0.717) is 17.5 Å². The van der Waals surface area contributed by atoms with E-state index in [-0.39, 0.29) is 5.41 Å². The van der Waals surface area contributed by atoms with Crippen molar-refractivity contribution in [2.45, 2.75) is 19.3 Å². The van der Waals surface area contributed by atoms with Crippen LogP contribution in [-0.4, -0.2) is 19.5 Å². The Morgan fingerprint density at radius 1 is 0.314 bits per heavy atom. The fourth-order valence-corrected chi connectivity index (χ4v) is 10.8. The van der Waals surface area contributed by atoms with Gasteiger partial charge < -0.3 is 4.57 Å². The van der Waals surface area contributed by atoms with Gasteiger partial charge in [0.25, 0.3) is 0 Å². The lowest BCUT2D eigenvalue weighted by atomic mass is 9.82.